The van der Waals surface area contributed by atoms with E-state index in [2.05, 4.69) is 10.6 Å². The summed E-state index contributed by atoms with van der Waals surface area (Å²) in [5.41, 5.74) is 8.24. The topological polar surface area (TPSA) is 114 Å². The van der Waals surface area contributed by atoms with Crippen LogP contribution in [0.25, 0.3) is 21.5 Å². The maximum absolute atomic E-state index is 13.3. The van der Waals surface area contributed by atoms with Crippen LogP contribution in [0, 0.1) is 5.92 Å². The van der Waals surface area contributed by atoms with Gasteiger partial charge >= 0.3 is 6.09 Å². The summed E-state index contributed by atoms with van der Waals surface area (Å²) in [5, 5.41) is 19.3. The van der Waals surface area contributed by atoms with Crippen molar-refractivity contribution in [3.63, 3.8) is 0 Å². The molecular formula is C33H29N3O4. The number of hydrogen-bond acceptors (Lipinski definition) is 5. The highest BCUT2D eigenvalue weighted by Crippen LogP contribution is 2.36. The first-order chi connectivity index (χ1) is 19.4. The first kappa shape index (κ1) is 26.3. The molecule has 0 aliphatic carbocycles. The summed E-state index contributed by atoms with van der Waals surface area (Å²) in [6.07, 6.45) is 1.68. The van der Waals surface area contributed by atoms with Crippen molar-refractivity contribution in [2.45, 2.75) is 13.0 Å². The van der Waals surface area contributed by atoms with Crippen molar-refractivity contribution >= 4 is 50.6 Å². The van der Waals surface area contributed by atoms with E-state index < -0.39 is 18.1 Å². The zero-order chi connectivity index (χ0) is 28.1. The molecule has 40 heavy (non-hydrogen) atoms. The molecule has 0 radical (unpaired) electrons. The second kappa shape index (κ2) is 11.6. The Morgan fingerprint density at radius 1 is 0.775 bits per heavy atom. The Balaban J connectivity index is 1.44. The largest absolute Gasteiger partial charge is 0.507 e. The Morgan fingerprint density at radius 2 is 1.43 bits per heavy atom. The molecule has 5 N–H and O–H groups in total. The normalized spacial score (nSPS) is 12.7. The predicted molar refractivity (Wildman–Crippen MR) is 160 cm³/mol. The van der Waals surface area contributed by atoms with Crippen molar-refractivity contribution in [3.8, 4) is 5.75 Å². The van der Waals surface area contributed by atoms with Crippen LogP contribution in [0.4, 0.5) is 21.9 Å². The number of fused-ring (bicyclic) bond motifs is 2. The minimum Gasteiger partial charge on any atom is -0.507 e. The second-order valence-electron chi connectivity index (χ2n) is 9.49. The first-order valence-electron chi connectivity index (χ1n) is 12.9. The SMILES string of the molecule is C[C@H](/C=C/C(=O)Nc1ccccc1N)[C@@H](OC(=O)Nc1cccc2ccccc12)c1ccc(O)c2ccccc12. The van der Waals surface area contributed by atoms with Gasteiger partial charge in [-0.1, -0.05) is 91.9 Å². The Kier molecular flexibility index (Phi) is 7.64. The number of nitrogens with one attached hydrogen (secondary N) is 2. The number of phenols is 1. The third-order valence-electron chi connectivity index (χ3n) is 6.75. The smallest absolute Gasteiger partial charge is 0.412 e. The zero-order valence-corrected chi connectivity index (χ0v) is 21.9. The number of hydrogen-bond donors (Lipinski definition) is 4. The van der Waals surface area contributed by atoms with E-state index in [1.165, 1.54) is 6.08 Å². The fourth-order valence-electron chi connectivity index (χ4n) is 4.72. The molecule has 200 valence electrons. The van der Waals surface area contributed by atoms with Crippen LogP contribution in [0.3, 0.4) is 0 Å². The van der Waals surface area contributed by atoms with Gasteiger partial charge in [0.25, 0.3) is 0 Å². The van der Waals surface area contributed by atoms with Crippen molar-refractivity contribution in [1.29, 1.82) is 0 Å². The highest BCUT2D eigenvalue weighted by molar-refractivity contribution is 6.02. The third-order valence-corrected chi connectivity index (χ3v) is 6.75. The lowest BCUT2D eigenvalue weighted by atomic mass is 9.92. The summed E-state index contributed by atoms with van der Waals surface area (Å²) < 4.78 is 6.03. The summed E-state index contributed by atoms with van der Waals surface area (Å²) in [6, 6.07) is 31.1. The second-order valence-corrected chi connectivity index (χ2v) is 9.49. The maximum Gasteiger partial charge on any atom is 0.412 e. The van der Waals surface area contributed by atoms with E-state index in [-0.39, 0.29) is 11.7 Å². The van der Waals surface area contributed by atoms with Crippen LogP contribution in [-0.2, 0) is 9.53 Å². The van der Waals surface area contributed by atoms with E-state index in [4.69, 9.17) is 10.5 Å². The van der Waals surface area contributed by atoms with E-state index >= 15 is 0 Å². The van der Waals surface area contributed by atoms with Crippen LogP contribution in [0.15, 0.2) is 115 Å². The molecule has 0 aliphatic heterocycles. The number of anilines is 3. The number of carbonyl (C=O) groups excluding carboxylic acids is 2. The molecule has 0 aliphatic rings. The van der Waals surface area contributed by atoms with Crippen molar-refractivity contribution in [1.82, 2.24) is 0 Å². The Bertz CT molecular complexity index is 1720. The summed E-state index contributed by atoms with van der Waals surface area (Å²) in [7, 11) is 0. The molecular weight excluding hydrogens is 502 g/mol. The minimum absolute atomic E-state index is 0.126. The van der Waals surface area contributed by atoms with Gasteiger partial charge in [-0.15, -0.1) is 0 Å². The number of phenolic OH excluding ortho intramolecular Hbond substituents is 1. The van der Waals surface area contributed by atoms with Gasteiger partial charge in [0.15, 0.2) is 0 Å². The predicted octanol–water partition coefficient (Wildman–Crippen LogP) is 7.40. The average molecular weight is 532 g/mol. The summed E-state index contributed by atoms with van der Waals surface area (Å²) in [5.74, 6) is -0.648. The molecule has 5 aromatic rings. The van der Waals surface area contributed by atoms with Crippen molar-refractivity contribution in [2.24, 2.45) is 5.92 Å². The monoisotopic (exact) mass is 531 g/mol. The van der Waals surface area contributed by atoms with Gasteiger partial charge < -0.3 is 20.9 Å². The fourth-order valence-corrected chi connectivity index (χ4v) is 4.72. The number of nitrogens with two attached hydrogens (primary N) is 1. The molecule has 5 rings (SSSR count). The highest BCUT2D eigenvalue weighted by Gasteiger charge is 2.25. The van der Waals surface area contributed by atoms with E-state index in [9.17, 15) is 14.7 Å². The Morgan fingerprint density at radius 3 is 2.23 bits per heavy atom. The Hall–Kier alpha value is -5.30. The number of para-hydroxylation sites is 2. The van der Waals surface area contributed by atoms with Gasteiger partial charge in [-0.25, -0.2) is 4.79 Å². The molecule has 2 atom stereocenters. The Labute approximate surface area is 231 Å². The lowest BCUT2D eigenvalue weighted by Crippen LogP contribution is -2.22. The number of ether oxygens (including phenoxy) is 1. The van der Waals surface area contributed by atoms with Crippen LogP contribution < -0.4 is 16.4 Å². The average Bonchev–Trinajstić information content (AvgIpc) is 2.97. The molecule has 0 spiro atoms. The van der Waals surface area contributed by atoms with Crippen LogP contribution in [0.1, 0.15) is 18.6 Å². The number of amides is 2. The van der Waals surface area contributed by atoms with Crippen LogP contribution >= 0.6 is 0 Å². The molecule has 0 saturated heterocycles. The van der Waals surface area contributed by atoms with Crippen molar-refractivity contribution in [3.05, 3.63) is 121 Å². The molecule has 0 bridgehead atoms. The van der Waals surface area contributed by atoms with Crippen LogP contribution in [0.2, 0.25) is 0 Å². The molecule has 0 unspecified atom stereocenters. The number of benzene rings is 5. The number of aromatic hydroxyl groups is 1. The third kappa shape index (κ3) is 5.73. The van der Waals surface area contributed by atoms with E-state index in [1.807, 2.05) is 67.6 Å². The van der Waals surface area contributed by atoms with Gasteiger partial charge in [0.2, 0.25) is 5.91 Å². The fraction of sp³-hybridized carbons (Fsp3) is 0.0909. The lowest BCUT2D eigenvalue weighted by Gasteiger charge is -2.24. The van der Waals surface area contributed by atoms with Crippen molar-refractivity contribution < 1.29 is 19.4 Å². The lowest BCUT2D eigenvalue weighted by molar-refractivity contribution is -0.111. The number of carbonyl (C=O) groups is 2. The molecule has 2 amide bonds. The first-order valence-corrected chi connectivity index (χ1v) is 12.9. The molecule has 7 nitrogen and oxygen atoms in total. The summed E-state index contributed by atoms with van der Waals surface area (Å²) in [6.45, 7) is 1.86. The van der Waals surface area contributed by atoms with Gasteiger partial charge in [-0.05, 0) is 41.1 Å². The summed E-state index contributed by atoms with van der Waals surface area (Å²) >= 11 is 0. The van der Waals surface area contributed by atoms with Gasteiger partial charge in [0.05, 0.1) is 17.1 Å². The maximum atomic E-state index is 13.3. The van der Waals surface area contributed by atoms with E-state index in [1.54, 1.807) is 48.5 Å². The standard InChI is InChI=1S/C33H29N3O4/c1-21(17-20-31(38)35-29-15-7-6-14-27(29)34)32(26-18-19-30(37)25-13-5-4-12-24(25)26)40-33(39)36-28-16-8-10-22-9-2-3-11-23(22)28/h2-21,32,37H,34H2,1H3,(H,35,38)(H,36,39)/b20-17+/t21-,32-/m1/s1. The van der Waals surface area contributed by atoms with Crippen LogP contribution in [-0.4, -0.2) is 17.1 Å². The highest BCUT2D eigenvalue weighted by atomic mass is 16.6. The minimum atomic E-state index is -0.772. The number of nitrogen functional groups attached to an aromatic ring is 1. The van der Waals surface area contributed by atoms with Crippen molar-refractivity contribution in [2.75, 3.05) is 16.4 Å². The van der Waals surface area contributed by atoms with Gasteiger partial charge in [-0.2, -0.15) is 0 Å². The molecule has 0 heterocycles. The van der Waals surface area contributed by atoms with Gasteiger partial charge in [0, 0.05) is 22.3 Å². The molecule has 7 heteroatoms. The summed E-state index contributed by atoms with van der Waals surface area (Å²) in [4.78, 5) is 25.9. The zero-order valence-electron chi connectivity index (χ0n) is 21.9. The molecule has 5 aromatic carbocycles. The quantitative estimate of drug-likeness (QED) is 0.129. The van der Waals surface area contributed by atoms with E-state index in [0.29, 0.717) is 28.0 Å². The van der Waals surface area contributed by atoms with E-state index in [0.717, 1.165) is 16.2 Å². The van der Waals surface area contributed by atoms with Gasteiger partial charge in [-0.3, -0.25) is 10.1 Å². The van der Waals surface area contributed by atoms with Gasteiger partial charge in [0.1, 0.15) is 11.9 Å². The van der Waals surface area contributed by atoms with Crippen LogP contribution in [0.5, 0.6) is 5.75 Å². The molecule has 0 saturated carbocycles. The molecule has 0 fully saturated rings. The number of rotatable bonds is 7. The molecule has 0 aromatic heterocycles.